The van der Waals surface area contributed by atoms with Crippen LogP contribution < -0.4 is 9.62 Å². The summed E-state index contributed by atoms with van der Waals surface area (Å²) in [4.78, 5) is 24.8. The first-order valence-corrected chi connectivity index (χ1v) is 13.8. The number of hydrogen-bond acceptors (Lipinski definition) is 6. The van der Waals surface area contributed by atoms with Crippen molar-refractivity contribution in [3.05, 3.63) is 83.6 Å². The van der Waals surface area contributed by atoms with Crippen LogP contribution in [-0.4, -0.2) is 45.5 Å². The minimum atomic E-state index is -2.77. The van der Waals surface area contributed by atoms with Crippen LogP contribution in [0.3, 0.4) is 0 Å². The Balaban J connectivity index is 1.52. The number of amides is 1. The number of fused-ring (bicyclic) bond motifs is 1. The maximum Gasteiger partial charge on any atom is 0.327 e. The highest BCUT2D eigenvalue weighted by molar-refractivity contribution is 7.80. The molecule has 0 spiro atoms. The molecule has 41 heavy (non-hydrogen) atoms. The lowest BCUT2D eigenvalue weighted by atomic mass is 10.0. The highest BCUT2D eigenvalue weighted by Gasteiger charge is 2.30. The van der Waals surface area contributed by atoms with Crippen LogP contribution in [-0.2, 0) is 20.8 Å². The quantitative estimate of drug-likeness (QED) is 0.203. The van der Waals surface area contributed by atoms with E-state index in [9.17, 15) is 23.5 Å². The average molecular weight is 574 g/mol. The van der Waals surface area contributed by atoms with Gasteiger partial charge in [0.25, 0.3) is 5.91 Å². The molecule has 0 aliphatic heterocycles. The van der Waals surface area contributed by atoms with E-state index in [1.165, 1.54) is 0 Å². The largest absolute Gasteiger partial charge is 0.755 e. The second-order valence-electron chi connectivity index (χ2n) is 9.62. The molecule has 9 nitrogen and oxygen atoms in total. The van der Waals surface area contributed by atoms with Gasteiger partial charge in [0.2, 0.25) is 0 Å². The maximum absolute atomic E-state index is 13.1. The molecule has 0 bridgehead atoms. The van der Waals surface area contributed by atoms with Crippen molar-refractivity contribution in [1.82, 2.24) is 0 Å². The summed E-state index contributed by atoms with van der Waals surface area (Å²) in [5.41, 5.74) is 4.43. The lowest BCUT2D eigenvalue weighted by Gasteiger charge is -2.34. The molecular weight excluding hydrogens is 544 g/mol. The minimum absolute atomic E-state index is 0.196. The summed E-state index contributed by atoms with van der Waals surface area (Å²) in [6, 6.07) is 17.9. The first-order chi connectivity index (χ1) is 19.6. The van der Waals surface area contributed by atoms with E-state index in [-0.39, 0.29) is 11.4 Å². The van der Waals surface area contributed by atoms with Gasteiger partial charge in [-0.2, -0.15) is 0 Å². The molecule has 4 aromatic rings. The van der Waals surface area contributed by atoms with E-state index in [1.54, 1.807) is 63.4 Å². The maximum atomic E-state index is 13.1. The van der Waals surface area contributed by atoms with E-state index >= 15 is 0 Å². The number of anilines is 2. The Bertz CT molecular complexity index is 1650. The van der Waals surface area contributed by atoms with E-state index < -0.39 is 35.1 Å². The molecule has 1 aromatic heterocycles. The third-order valence-corrected chi connectivity index (χ3v) is 7.25. The van der Waals surface area contributed by atoms with Crippen molar-refractivity contribution in [2.45, 2.75) is 26.8 Å². The summed E-state index contributed by atoms with van der Waals surface area (Å²) in [6.45, 7) is 5.42. The second kappa shape index (κ2) is 12.8. The molecule has 0 aliphatic rings. The highest BCUT2D eigenvalue weighted by atomic mass is 32.2. The number of nitrogens with zero attached hydrogens (tertiary/aromatic N) is 1. The Morgan fingerprint density at radius 3 is 2.27 bits per heavy atom. The fourth-order valence-electron chi connectivity index (χ4n) is 4.56. The fourth-order valence-corrected chi connectivity index (χ4v) is 5.37. The summed E-state index contributed by atoms with van der Waals surface area (Å²) in [7, 11) is 1.57. The van der Waals surface area contributed by atoms with Crippen molar-refractivity contribution in [3.63, 3.8) is 0 Å². The molecule has 3 aromatic carbocycles. The SMILES string of the molecule is COCC#Cc1cccc2oc(C(=O)Nc3ccc(-c4ccc(N(C(C(=O)O)C(C)C)S(=O)[O-])cc4)cc3)c(C)c12. The molecule has 2 unspecified atom stereocenters. The van der Waals surface area contributed by atoms with Gasteiger partial charge in [-0.05, 0) is 60.4 Å². The number of hydrogen-bond donors (Lipinski definition) is 2. The Kier molecular flexibility index (Phi) is 9.24. The van der Waals surface area contributed by atoms with Crippen LogP contribution >= 0.6 is 0 Å². The number of aryl methyl sites for hydroxylation is 1. The number of ether oxygens (including phenoxy) is 1. The number of carboxylic acid groups (broad SMARTS) is 1. The number of nitrogens with one attached hydrogen (secondary N) is 1. The molecule has 2 N–H and O–H groups in total. The summed E-state index contributed by atoms with van der Waals surface area (Å²) in [5, 5.41) is 13.2. The normalized spacial score (nSPS) is 12.4. The van der Waals surface area contributed by atoms with Gasteiger partial charge in [0.15, 0.2) is 5.76 Å². The number of carbonyl (C=O) groups is 2. The number of rotatable bonds is 9. The van der Waals surface area contributed by atoms with Crippen LogP contribution in [0, 0.1) is 24.7 Å². The van der Waals surface area contributed by atoms with Crippen molar-refractivity contribution in [3.8, 4) is 23.0 Å². The van der Waals surface area contributed by atoms with Crippen LogP contribution in [0.15, 0.2) is 71.1 Å². The molecule has 0 aliphatic carbocycles. The van der Waals surface area contributed by atoms with Crippen molar-refractivity contribution < 1.29 is 32.6 Å². The Hall–Kier alpha value is -4.43. The van der Waals surface area contributed by atoms with Gasteiger partial charge < -0.3 is 24.1 Å². The van der Waals surface area contributed by atoms with Crippen molar-refractivity contribution in [1.29, 1.82) is 0 Å². The van der Waals surface area contributed by atoms with E-state index in [1.807, 2.05) is 31.2 Å². The lowest BCUT2D eigenvalue weighted by Crippen LogP contribution is -2.45. The van der Waals surface area contributed by atoms with E-state index in [4.69, 9.17) is 9.15 Å². The predicted octanol–water partition coefficient (Wildman–Crippen LogP) is 5.37. The number of aliphatic carboxylic acids is 1. The zero-order chi connectivity index (χ0) is 29.7. The number of benzene rings is 3. The van der Waals surface area contributed by atoms with Crippen LogP contribution in [0.5, 0.6) is 0 Å². The average Bonchev–Trinajstić information content (AvgIpc) is 3.29. The first-order valence-electron chi connectivity index (χ1n) is 12.8. The molecule has 10 heteroatoms. The van der Waals surface area contributed by atoms with Crippen LogP contribution in [0.2, 0.25) is 0 Å². The third-order valence-electron chi connectivity index (χ3n) is 6.50. The number of carboxylic acids is 1. The zero-order valence-corrected chi connectivity index (χ0v) is 23.8. The topological polar surface area (TPSA) is 132 Å². The summed E-state index contributed by atoms with van der Waals surface area (Å²) in [5.74, 6) is 4.13. The highest BCUT2D eigenvalue weighted by Crippen LogP contribution is 2.30. The van der Waals surface area contributed by atoms with Gasteiger partial charge in [0, 0.05) is 46.3 Å². The predicted molar refractivity (Wildman–Crippen MR) is 157 cm³/mol. The number of furan rings is 1. The first kappa shape index (κ1) is 29.6. The molecule has 1 amide bonds. The molecule has 1 heterocycles. The van der Waals surface area contributed by atoms with Gasteiger partial charge in [-0.25, -0.2) is 4.79 Å². The van der Waals surface area contributed by atoms with Crippen molar-refractivity contribution >= 4 is 45.5 Å². The lowest BCUT2D eigenvalue weighted by molar-refractivity contribution is -0.139. The standard InChI is InChI=1S/C31H30N2O7S/c1-19(2)28(31(35)36)33(41(37)38)25-16-12-22(13-17-25)21-10-14-24(15-11-21)32-30(34)29-20(3)27-23(8-6-18-39-4)7-5-9-26(27)40-29/h5,7,9-17,19,28H,18H2,1-4H3,(H,32,34)(H,35,36)(H,37,38)/p-1. The molecule has 0 saturated carbocycles. The molecule has 0 radical (unpaired) electrons. The van der Waals surface area contributed by atoms with E-state index in [2.05, 4.69) is 17.2 Å². The summed E-state index contributed by atoms with van der Waals surface area (Å²) >= 11 is -2.77. The number of carbonyl (C=O) groups excluding carboxylic acids is 1. The van der Waals surface area contributed by atoms with Crippen LogP contribution in [0.1, 0.15) is 35.5 Å². The second-order valence-corrected chi connectivity index (χ2v) is 10.4. The van der Waals surface area contributed by atoms with Gasteiger partial charge in [-0.3, -0.25) is 13.3 Å². The van der Waals surface area contributed by atoms with E-state index in [0.29, 0.717) is 23.4 Å². The molecular formula is C31H29N2O7S-. The zero-order valence-electron chi connectivity index (χ0n) is 23.0. The van der Waals surface area contributed by atoms with Crippen LogP contribution in [0.4, 0.5) is 11.4 Å². The van der Waals surface area contributed by atoms with Gasteiger partial charge in [-0.1, -0.05) is 56.0 Å². The monoisotopic (exact) mass is 573 g/mol. The summed E-state index contributed by atoms with van der Waals surface area (Å²) in [6.07, 6.45) is 0. The fraction of sp³-hybridized carbons (Fsp3) is 0.226. The van der Waals surface area contributed by atoms with Crippen molar-refractivity contribution in [2.75, 3.05) is 23.3 Å². The van der Waals surface area contributed by atoms with Gasteiger partial charge >= 0.3 is 5.97 Å². The molecule has 212 valence electrons. The Morgan fingerprint density at radius 2 is 1.71 bits per heavy atom. The molecule has 2 atom stereocenters. The Morgan fingerprint density at radius 1 is 1.07 bits per heavy atom. The van der Waals surface area contributed by atoms with Crippen LogP contribution in [0.25, 0.3) is 22.1 Å². The van der Waals surface area contributed by atoms with Crippen molar-refractivity contribution in [2.24, 2.45) is 5.92 Å². The van der Waals surface area contributed by atoms with E-state index in [0.717, 1.165) is 26.4 Å². The van der Waals surface area contributed by atoms with Gasteiger partial charge in [0.05, 0.1) is 0 Å². The van der Waals surface area contributed by atoms with Gasteiger partial charge in [-0.15, -0.1) is 0 Å². The Labute approximate surface area is 240 Å². The third kappa shape index (κ3) is 6.49. The van der Waals surface area contributed by atoms with Gasteiger partial charge in [0.1, 0.15) is 18.2 Å². The smallest absolute Gasteiger partial charge is 0.327 e. The number of methoxy groups -OCH3 is 1. The molecule has 0 saturated heterocycles. The molecule has 0 fully saturated rings. The minimum Gasteiger partial charge on any atom is -0.755 e. The molecule has 4 rings (SSSR count). The summed E-state index contributed by atoms with van der Waals surface area (Å²) < 4.78 is 35.5.